The van der Waals surface area contributed by atoms with Crippen LogP contribution in [0.5, 0.6) is 5.75 Å². The first-order valence-electron chi connectivity index (χ1n) is 6.00. The molecule has 1 aromatic carbocycles. The largest absolute Gasteiger partial charge is 0.492 e. The van der Waals surface area contributed by atoms with E-state index in [1.165, 1.54) is 12.1 Å². The summed E-state index contributed by atoms with van der Waals surface area (Å²) in [4.78, 5) is -0.0197. The van der Waals surface area contributed by atoms with E-state index in [-0.39, 0.29) is 17.3 Å². The van der Waals surface area contributed by atoms with E-state index < -0.39 is 16.1 Å². The third-order valence-corrected chi connectivity index (χ3v) is 4.31. The molecule has 2 N–H and O–H groups in total. The van der Waals surface area contributed by atoms with Gasteiger partial charge in [0.25, 0.3) is 0 Å². The lowest BCUT2D eigenvalue weighted by molar-refractivity contribution is 0.253. The standard InChI is InChI=1S/C12H18ClNO4S/c1-3-10(8-15)14-19(16,17)12-7-9(13)5-6-11(12)18-4-2/h5-7,10,14-15H,3-4,8H2,1-2H3/t10-/m0/s1. The Labute approximate surface area is 118 Å². The highest BCUT2D eigenvalue weighted by Crippen LogP contribution is 2.27. The van der Waals surface area contributed by atoms with E-state index in [1.54, 1.807) is 19.9 Å². The zero-order valence-electron chi connectivity index (χ0n) is 10.9. The number of halogens is 1. The summed E-state index contributed by atoms with van der Waals surface area (Å²) in [6.45, 7) is 3.63. The molecule has 0 unspecified atom stereocenters. The molecular weight excluding hydrogens is 290 g/mol. The van der Waals surface area contributed by atoms with Gasteiger partial charge in [-0.25, -0.2) is 13.1 Å². The Morgan fingerprint density at radius 3 is 2.63 bits per heavy atom. The Morgan fingerprint density at radius 2 is 2.11 bits per heavy atom. The van der Waals surface area contributed by atoms with Crippen LogP contribution >= 0.6 is 11.6 Å². The number of sulfonamides is 1. The maximum absolute atomic E-state index is 12.2. The van der Waals surface area contributed by atoms with Gasteiger partial charge >= 0.3 is 0 Å². The van der Waals surface area contributed by atoms with E-state index >= 15 is 0 Å². The number of benzene rings is 1. The third kappa shape index (κ3) is 4.35. The number of ether oxygens (including phenoxy) is 1. The molecule has 7 heteroatoms. The summed E-state index contributed by atoms with van der Waals surface area (Å²) in [6.07, 6.45) is 0.486. The minimum Gasteiger partial charge on any atom is -0.492 e. The van der Waals surface area contributed by atoms with E-state index in [0.717, 1.165) is 0 Å². The number of rotatable bonds is 7. The molecule has 1 rings (SSSR count). The fourth-order valence-corrected chi connectivity index (χ4v) is 3.22. The Kier molecular flexibility index (Phi) is 6.06. The summed E-state index contributed by atoms with van der Waals surface area (Å²) < 4.78 is 32.2. The number of aliphatic hydroxyl groups excluding tert-OH is 1. The molecule has 0 spiro atoms. The van der Waals surface area contributed by atoms with Gasteiger partial charge in [0.05, 0.1) is 13.2 Å². The summed E-state index contributed by atoms with van der Waals surface area (Å²) in [6, 6.07) is 3.88. The van der Waals surface area contributed by atoms with Crippen molar-refractivity contribution >= 4 is 21.6 Å². The molecule has 1 atom stereocenters. The van der Waals surface area contributed by atoms with Crippen LogP contribution in [-0.4, -0.2) is 32.8 Å². The van der Waals surface area contributed by atoms with E-state index in [2.05, 4.69) is 4.72 Å². The van der Waals surface area contributed by atoms with Crippen molar-refractivity contribution in [3.63, 3.8) is 0 Å². The van der Waals surface area contributed by atoms with Crippen molar-refractivity contribution < 1.29 is 18.3 Å². The lowest BCUT2D eigenvalue weighted by atomic mass is 10.3. The molecule has 0 saturated heterocycles. The van der Waals surface area contributed by atoms with Gasteiger partial charge in [0.1, 0.15) is 10.6 Å². The van der Waals surface area contributed by atoms with Crippen LogP contribution < -0.4 is 9.46 Å². The van der Waals surface area contributed by atoms with Gasteiger partial charge in [0.15, 0.2) is 0 Å². The zero-order chi connectivity index (χ0) is 14.5. The number of hydrogen-bond donors (Lipinski definition) is 2. The van der Waals surface area contributed by atoms with Crippen molar-refractivity contribution in [3.05, 3.63) is 23.2 Å². The lowest BCUT2D eigenvalue weighted by Gasteiger charge is -2.16. The monoisotopic (exact) mass is 307 g/mol. The van der Waals surface area contributed by atoms with Gasteiger partial charge < -0.3 is 9.84 Å². The quantitative estimate of drug-likeness (QED) is 0.805. The normalized spacial score (nSPS) is 13.3. The second kappa shape index (κ2) is 7.09. The van der Waals surface area contributed by atoms with Gasteiger partial charge in [-0.2, -0.15) is 0 Å². The predicted octanol–water partition coefficient (Wildman–Crippen LogP) is 1.79. The van der Waals surface area contributed by atoms with Crippen molar-refractivity contribution in [2.75, 3.05) is 13.2 Å². The first-order valence-corrected chi connectivity index (χ1v) is 7.86. The van der Waals surface area contributed by atoms with Gasteiger partial charge in [0.2, 0.25) is 10.0 Å². The van der Waals surface area contributed by atoms with Crippen molar-refractivity contribution in [1.29, 1.82) is 0 Å². The van der Waals surface area contributed by atoms with Gasteiger partial charge in [-0.15, -0.1) is 0 Å². The molecule has 108 valence electrons. The zero-order valence-corrected chi connectivity index (χ0v) is 12.5. The molecule has 0 aromatic heterocycles. The first kappa shape index (κ1) is 16.2. The second-order valence-electron chi connectivity index (χ2n) is 3.93. The highest BCUT2D eigenvalue weighted by Gasteiger charge is 2.23. The minimum absolute atomic E-state index is 0.0197. The summed E-state index contributed by atoms with van der Waals surface area (Å²) in [7, 11) is -3.78. The van der Waals surface area contributed by atoms with Crippen LogP contribution in [0.25, 0.3) is 0 Å². The SMILES string of the molecule is CCOc1ccc(Cl)cc1S(=O)(=O)N[C@@H](CC)CO. The van der Waals surface area contributed by atoms with Crippen LogP contribution in [0.4, 0.5) is 0 Å². The lowest BCUT2D eigenvalue weighted by Crippen LogP contribution is -2.37. The van der Waals surface area contributed by atoms with Crippen molar-refractivity contribution in [1.82, 2.24) is 4.72 Å². The highest BCUT2D eigenvalue weighted by atomic mass is 35.5. The maximum Gasteiger partial charge on any atom is 0.244 e. The highest BCUT2D eigenvalue weighted by molar-refractivity contribution is 7.89. The Balaban J connectivity index is 3.15. The molecule has 0 amide bonds. The van der Waals surface area contributed by atoms with Crippen LogP contribution in [0.1, 0.15) is 20.3 Å². The molecule has 0 bridgehead atoms. The Bertz CT molecular complexity index is 514. The first-order chi connectivity index (χ1) is 8.94. The predicted molar refractivity (Wildman–Crippen MR) is 74.1 cm³/mol. The molecule has 0 aliphatic carbocycles. The van der Waals surface area contributed by atoms with E-state index in [1.807, 2.05) is 0 Å². The summed E-state index contributed by atoms with van der Waals surface area (Å²) in [5.74, 6) is 0.243. The summed E-state index contributed by atoms with van der Waals surface area (Å²) in [5.41, 5.74) is 0. The molecule has 0 aliphatic rings. The van der Waals surface area contributed by atoms with Crippen molar-refractivity contribution in [2.24, 2.45) is 0 Å². The number of nitrogens with one attached hydrogen (secondary N) is 1. The average molecular weight is 308 g/mol. The number of aliphatic hydroxyl groups is 1. The van der Waals surface area contributed by atoms with Crippen LogP contribution in [-0.2, 0) is 10.0 Å². The number of hydrogen-bond acceptors (Lipinski definition) is 4. The molecule has 5 nitrogen and oxygen atoms in total. The molecule has 0 fully saturated rings. The smallest absolute Gasteiger partial charge is 0.244 e. The van der Waals surface area contributed by atoms with Gasteiger partial charge in [-0.05, 0) is 31.5 Å². The van der Waals surface area contributed by atoms with Crippen LogP contribution in [0.15, 0.2) is 23.1 Å². The van der Waals surface area contributed by atoms with Gasteiger partial charge in [0, 0.05) is 11.1 Å². The summed E-state index contributed by atoms with van der Waals surface area (Å²) >= 11 is 5.83. The second-order valence-corrected chi connectivity index (χ2v) is 6.05. The van der Waals surface area contributed by atoms with Crippen LogP contribution in [0.2, 0.25) is 5.02 Å². The Morgan fingerprint density at radius 1 is 1.42 bits per heavy atom. The van der Waals surface area contributed by atoms with E-state index in [9.17, 15) is 8.42 Å². The van der Waals surface area contributed by atoms with Crippen molar-refractivity contribution in [3.8, 4) is 5.75 Å². The Hall–Kier alpha value is -0.820. The maximum atomic E-state index is 12.2. The fraction of sp³-hybridized carbons (Fsp3) is 0.500. The molecule has 1 aromatic rings. The fourth-order valence-electron chi connectivity index (χ4n) is 1.50. The average Bonchev–Trinajstić information content (AvgIpc) is 2.38. The van der Waals surface area contributed by atoms with Crippen LogP contribution in [0, 0.1) is 0 Å². The molecule has 0 radical (unpaired) electrons. The molecular formula is C12H18ClNO4S. The molecule has 0 aliphatic heterocycles. The molecule has 0 saturated carbocycles. The topological polar surface area (TPSA) is 75.6 Å². The van der Waals surface area contributed by atoms with Gasteiger partial charge in [-0.3, -0.25) is 0 Å². The van der Waals surface area contributed by atoms with Crippen LogP contribution in [0.3, 0.4) is 0 Å². The van der Waals surface area contributed by atoms with E-state index in [0.29, 0.717) is 18.1 Å². The third-order valence-electron chi connectivity index (χ3n) is 2.53. The van der Waals surface area contributed by atoms with Gasteiger partial charge in [-0.1, -0.05) is 18.5 Å². The van der Waals surface area contributed by atoms with Crippen molar-refractivity contribution in [2.45, 2.75) is 31.2 Å². The molecule has 0 heterocycles. The molecule has 19 heavy (non-hydrogen) atoms. The minimum atomic E-state index is -3.78. The van der Waals surface area contributed by atoms with E-state index in [4.69, 9.17) is 21.4 Å². The summed E-state index contributed by atoms with van der Waals surface area (Å²) in [5, 5.41) is 9.39.